The SMILES string of the molecule is O=c1c(OCCCO)cccn1CCO. The van der Waals surface area contributed by atoms with Gasteiger partial charge in [-0.05, 0) is 12.1 Å². The van der Waals surface area contributed by atoms with Crippen LogP contribution < -0.4 is 10.3 Å². The lowest BCUT2D eigenvalue weighted by Crippen LogP contribution is -2.22. The van der Waals surface area contributed by atoms with Crippen LogP contribution in [0.5, 0.6) is 5.75 Å². The number of aliphatic hydroxyl groups excluding tert-OH is 2. The molecule has 0 radical (unpaired) electrons. The first kappa shape index (κ1) is 11.7. The van der Waals surface area contributed by atoms with Gasteiger partial charge in [0, 0.05) is 25.8 Å². The first-order chi connectivity index (χ1) is 7.29. The van der Waals surface area contributed by atoms with Crippen molar-refractivity contribution >= 4 is 0 Å². The Morgan fingerprint density at radius 2 is 2.13 bits per heavy atom. The normalized spacial score (nSPS) is 10.3. The van der Waals surface area contributed by atoms with E-state index in [4.69, 9.17) is 14.9 Å². The number of aromatic nitrogens is 1. The first-order valence-corrected chi connectivity index (χ1v) is 4.83. The van der Waals surface area contributed by atoms with Gasteiger partial charge >= 0.3 is 0 Å². The van der Waals surface area contributed by atoms with E-state index < -0.39 is 0 Å². The summed E-state index contributed by atoms with van der Waals surface area (Å²) < 4.78 is 6.57. The highest BCUT2D eigenvalue weighted by atomic mass is 16.5. The summed E-state index contributed by atoms with van der Waals surface area (Å²) in [4.78, 5) is 11.6. The number of pyridine rings is 1. The Hall–Kier alpha value is -1.33. The largest absolute Gasteiger partial charge is 0.488 e. The minimum atomic E-state index is -0.260. The van der Waals surface area contributed by atoms with Gasteiger partial charge < -0.3 is 19.5 Å². The molecule has 0 fully saturated rings. The number of rotatable bonds is 6. The predicted molar refractivity (Wildman–Crippen MR) is 55.0 cm³/mol. The van der Waals surface area contributed by atoms with E-state index in [1.807, 2.05) is 0 Å². The smallest absolute Gasteiger partial charge is 0.292 e. The minimum Gasteiger partial charge on any atom is -0.488 e. The summed E-state index contributed by atoms with van der Waals surface area (Å²) in [6.07, 6.45) is 2.09. The zero-order valence-electron chi connectivity index (χ0n) is 8.43. The van der Waals surface area contributed by atoms with Crippen LogP contribution in [0.15, 0.2) is 23.1 Å². The molecule has 84 valence electrons. The topological polar surface area (TPSA) is 71.7 Å². The molecule has 0 aliphatic rings. The van der Waals surface area contributed by atoms with E-state index in [0.29, 0.717) is 13.0 Å². The predicted octanol–water partition coefficient (Wildman–Crippen LogP) is -0.398. The molecule has 0 aliphatic heterocycles. The number of hydrogen-bond acceptors (Lipinski definition) is 4. The lowest BCUT2D eigenvalue weighted by atomic mass is 10.4. The summed E-state index contributed by atoms with van der Waals surface area (Å²) >= 11 is 0. The molecular weight excluding hydrogens is 198 g/mol. The molecule has 15 heavy (non-hydrogen) atoms. The Bertz CT molecular complexity index is 348. The van der Waals surface area contributed by atoms with Crippen molar-refractivity contribution in [1.82, 2.24) is 4.57 Å². The zero-order chi connectivity index (χ0) is 11.1. The molecule has 0 aromatic carbocycles. The molecule has 0 aliphatic carbocycles. The molecule has 0 saturated heterocycles. The Morgan fingerprint density at radius 3 is 2.80 bits per heavy atom. The Balaban J connectivity index is 2.71. The molecule has 1 aromatic heterocycles. The Morgan fingerprint density at radius 1 is 1.33 bits per heavy atom. The molecule has 5 heteroatoms. The van der Waals surface area contributed by atoms with E-state index in [0.717, 1.165) is 0 Å². The molecule has 0 atom stereocenters. The summed E-state index contributed by atoms with van der Waals surface area (Å²) in [5, 5.41) is 17.3. The number of ether oxygens (including phenoxy) is 1. The third kappa shape index (κ3) is 3.38. The molecule has 0 saturated carbocycles. The van der Waals surface area contributed by atoms with Gasteiger partial charge in [0.2, 0.25) is 0 Å². The maximum absolute atomic E-state index is 11.6. The van der Waals surface area contributed by atoms with Gasteiger partial charge in [0.05, 0.1) is 13.2 Å². The van der Waals surface area contributed by atoms with Gasteiger partial charge in [-0.15, -0.1) is 0 Å². The van der Waals surface area contributed by atoms with Crippen molar-refractivity contribution in [3.8, 4) is 5.75 Å². The van der Waals surface area contributed by atoms with Crippen molar-refractivity contribution in [3.05, 3.63) is 28.7 Å². The van der Waals surface area contributed by atoms with Crippen molar-refractivity contribution in [1.29, 1.82) is 0 Å². The number of hydrogen-bond donors (Lipinski definition) is 2. The summed E-state index contributed by atoms with van der Waals surface area (Å²) in [5.74, 6) is 0.249. The van der Waals surface area contributed by atoms with Crippen LogP contribution >= 0.6 is 0 Å². The summed E-state index contributed by atoms with van der Waals surface area (Å²) in [5.41, 5.74) is -0.260. The van der Waals surface area contributed by atoms with Gasteiger partial charge in [-0.1, -0.05) is 0 Å². The van der Waals surface area contributed by atoms with Crippen molar-refractivity contribution in [2.45, 2.75) is 13.0 Å². The average Bonchev–Trinajstić information content (AvgIpc) is 2.24. The summed E-state index contributed by atoms with van der Waals surface area (Å²) in [6.45, 7) is 0.530. The molecule has 1 heterocycles. The second-order valence-electron chi connectivity index (χ2n) is 3.02. The fraction of sp³-hybridized carbons (Fsp3) is 0.500. The molecule has 0 bridgehead atoms. The van der Waals surface area contributed by atoms with Gasteiger partial charge in [0.25, 0.3) is 5.56 Å². The fourth-order valence-corrected chi connectivity index (χ4v) is 1.16. The maximum atomic E-state index is 11.6. The quantitative estimate of drug-likeness (QED) is 0.631. The third-order valence-electron chi connectivity index (χ3n) is 1.89. The van der Waals surface area contributed by atoms with E-state index in [-0.39, 0.29) is 31.1 Å². The summed E-state index contributed by atoms with van der Waals surface area (Å²) in [6, 6.07) is 3.26. The van der Waals surface area contributed by atoms with Crippen molar-refractivity contribution in [3.63, 3.8) is 0 Å². The van der Waals surface area contributed by atoms with Crippen molar-refractivity contribution in [2.24, 2.45) is 0 Å². The highest BCUT2D eigenvalue weighted by Crippen LogP contribution is 2.02. The van der Waals surface area contributed by atoms with Crippen LogP contribution in [0.1, 0.15) is 6.42 Å². The van der Waals surface area contributed by atoms with Gasteiger partial charge in [0.15, 0.2) is 5.75 Å². The van der Waals surface area contributed by atoms with Gasteiger partial charge in [-0.2, -0.15) is 0 Å². The van der Waals surface area contributed by atoms with Gasteiger partial charge in [-0.3, -0.25) is 4.79 Å². The summed E-state index contributed by atoms with van der Waals surface area (Å²) in [7, 11) is 0. The van der Waals surface area contributed by atoms with E-state index >= 15 is 0 Å². The lowest BCUT2D eigenvalue weighted by Gasteiger charge is -2.07. The Labute approximate surface area is 87.5 Å². The fourth-order valence-electron chi connectivity index (χ4n) is 1.16. The van der Waals surface area contributed by atoms with Gasteiger partial charge in [0.1, 0.15) is 0 Å². The highest BCUT2D eigenvalue weighted by Gasteiger charge is 2.02. The average molecular weight is 213 g/mol. The molecular formula is C10H15NO4. The first-order valence-electron chi connectivity index (χ1n) is 4.83. The third-order valence-corrected chi connectivity index (χ3v) is 1.89. The van der Waals surface area contributed by atoms with E-state index in [1.54, 1.807) is 18.3 Å². The van der Waals surface area contributed by atoms with E-state index in [9.17, 15) is 4.79 Å². The highest BCUT2D eigenvalue weighted by molar-refractivity contribution is 5.17. The Kier molecular flexibility index (Phi) is 4.86. The molecule has 1 aromatic rings. The van der Waals surface area contributed by atoms with Crippen LogP contribution in [0, 0.1) is 0 Å². The maximum Gasteiger partial charge on any atom is 0.292 e. The second-order valence-corrected chi connectivity index (χ2v) is 3.02. The molecule has 1 rings (SSSR count). The monoisotopic (exact) mass is 213 g/mol. The van der Waals surface area contributed by atoms with Gasteiger partial charge in [-0.25, -0.2) is 0 Å². The van der Waals surface area contributed by atoms with E-state index in [2.05, 4.69) is 0 Å². The lowest BCUT2D eigenvalue weighted by molar-refractivity contribution is 0.230. The van der Waals surface area contributed by atoms with Crippen LogP contribution in [-0.4, -0.2) is 34.6 Å². The van der Waals surface area contributed by atoms with E-state index in [1.165, 1.54) is 4.57 Å². The van der Waals surface area contributed by atoms with Crippen LogP contribution in [0.2, 0.25) is 0 Å². The molecule has 0 spiro atoms. The van der Waals surface area contributed by atoms with Crippen LogP contribution in [-0.2, 0) is 6.54 Å². The zero-order valence-corrected chi connectivity index (χ0v) is 8.43. The molecule has 0 amide bonds. The second kappa shape index (κ2) is 6.21. The molecule has 0 unspecified atom stereocenters. The van der Waals surface area contributed by atoms with Crippen molar-refractivity contribution in [2.75, 3.05) is 19.8 Å². The van der Waals surface area contributed by atoms with Crippen LogP contribution in [0.25, 0.3) is 0 Å². The minimum absolute atomic E-state index is 0.0393. The number of nitrogens with zero attached hydrogens (tertiary/aromatic N) is 1. The molecule has 2 N–H and O–H groups in total. The molecule has 5 nitrogen and oxygen atoms in total. The van der Waals surface area contributed by atoms with Crippen LogP contribution in [0.3, 0.4) is 0 Å². The van der Waals surface area contributed by atoms with Crippen LogP contribution in [0.4, 0.5) is 0 Å². The number of aliphatic hydroxyl groups is 2. The standard InChI is InChI=1S/C10H15NO4/c12-6-2-8-15-9-3-1-4-11(5-7-13)10(9)14/h1,3-4,12-13H,2,5-8H2. The van der Waals surface area contributed by atoms with Crippen molar-refractivity contribution < 1.29 is 14.9 Å².